The summed E-state index contributed by atoms with van der Waals surface area (Å²) in [5.41, 5.74) is 1.13. The van der Waals surface area contributed by atoms with E-state index < -0.39 is 5.97 Å². The van der Waals surface area contributed by atoms with Crippen molar-refractivity contribution in [1.29, 1.82) is 0 Å². The Bertz CT molecular complexity index is 914. The first kappa shape index (κ1) is 23.4. The molecule has 0 spiro atoms. The Labute approximate surface area is 181 Å². The third-order valence-electron chi connectivity index (χ3n) is 4.52. The zero-order chi connectivity index (χ0) is 22.4. The maximum absolute atomic E-state index is 12.9. The first-order valence-corrected chi connectivity index (χ1v) is 10.6. The molecule has 7 nitrogen and oxygen atoms in total. The molecule has 0 bridgehead atoms. The lowest BCUT2D eigenvalue weighted by Gasteiger charge is -2.18. The molecule has 0 radical (unpaired) electrons. The Hall–Kier alpha value is -2.87. The number of carbonyl (C=O) groups excluding carboxylic acids is 3. The van der Waals surface area contributed by atoms with E-state index in [-0.39, 0.29) is 23.5 Å². The number of anilines is 1. The van der Waals surface area contributed by atoms with Gasteiger partial charge in [0.25, 0.3) is 11.8 Å². The molecule has 2 rings (SSSR count). The van der Waals surface area contributed by atoms with Crippen molar-refractivity contribution in [3.05, 3.63) is 45.8 Å². The van der Waals surface area contributed by atoms with Crippen LogP contribution in [-0.4, -0.2) is 49.0 Å². The van der Waals surface area contributed by atoms with Crippen molar-refractivity contribution in [2.75, 3.05) is 25.5 Å². The maximum atomic E-state index is 12.9. The van der Waals surface area contributed by atoms with E-state index in [2.05, 4.69) is 5.32 Å². The zero-order valence-electron chi connectivity index (χ0n) is 18.2. The average molecular weight is 433 g/mol. The first-order valence-electron chi connectivity index (χ1n) is 9.82. The number of carbonyl (C=O) groups is 3. The molecule has 1 aromatic heterocycles. The molecule has 1 aromatic carbocycles. The molecule has 0 unspecified atom stereocenters. The van der Waals surface area contributed by atoms with Crippen molar-refractivity contribution < 1.29 is 23.9 Å². The lowest BCUT2D eigenvalue weighted by atomic mass is 10.1. The summed E-state index contributed by atoms with van der Waals surface area (Å²) >= 11 is 1.09. The van der Waals surface area contributed by atoms with Gasteiger partial charge in [0.1, 0.15) is 10.8 Å². The van der Waals surface area contributed by atoms with Gasteiger partial charge in [-0.3, -0.25) is 9.59 Å². The number of hydrogen-bond acceptors (Lipinski definition) is 6. The predicted molar refractivity (Wildman–Crippen MR) is 118 cm³/mol. The third kappa shape index (κ3) is 5.18. The lowest BCUT2D eigenvalue weighted by molar-refractivity contribution is 0.0379. The molecule has 162 valence electrons. The summed E-state index contributed by atoms with van der Waals surface area (Å²) in [7, 11) is 1.55. The minimum atomic E-state index is -0.567. The summed E-state index contributed by atoms with van der Waals surface area (Å²) in [5, 5.41) is 3.08. The first-order chi connectivity index (χ1) is 14.2. The fourth-order valence-corrected chi connectivity index (χ4v) is 4.05. The minimum Gasteiger partial charge on any atom is -0.497 e. The average Bonchev–Trinajstić information content (AvgIpc) is 3.04. The van der Waals surface area contributed by atoms with Crippen molar-refractivity contribution in [3.8, 4) is 5.75 Å². The predicted octanol–water partition coefficient (Wildman–Crippen LogP) is 4.36. The molecule has 0 saturated carbocycles. The van der Waals surface area contributed by atoms with Crippen LogP contribution >= 0.6 is 11.3 Å². The van der Waals surface area contributed by atoms with Crippen LogP contribution in [0.5, 0.6) is 5.75 Å². The molecule has 30 heavy (non-hydrogen) atoms. The van der Waals surface area contributed by atoms with E-state index in [9.17, 15) is 14.4 Å². The van der Waals surface area contributed by atoms with Crippen LogP contribution in [0.25, 0.3) is 0 Å². The molecule has 1 N–H and O–H groups in total. The van der Waals surface area contributed by atoms with Gasteiger partial charge in [-0.15, -0.1) is 11.3 Å². The van der Waals surface area contributed by atoms with Crippen LogP contribution in [0.1, 0.15) is 63.6 Å². The van der Waals surface area contributed by atoms with Gasteiger partial charge in [0.15, 0.2) is 0 Å². The molecular formula is C22H28N2O5S. The standard InChI is InChI=1S/C22H28N2O5S/c1-7-24(8-2)21(26)18-14(5)17(22(27)29-13(3)4)20(30-18)23-19(25)15-9-11-16(28-6)12-10-15/h9-13H,7-8H2,1-6H3,(H,23,25). The van der Waals surface area contributed by atoms with E-state index in [0.29, 0.717) is 39.8 Å². The van der Waals surface area contributed by atoms with Crippen molar-refractivity contribution in [1.82, 2.24) is 4.90 Å². The van der Waals surface area contributed by atoms with Gasteiger partial charge in [0.2, 0.25) is 0 Å². The van der Waals surface area contributed by atoms with Crippen molar-refractivity contribution >= 4 is 34.1 Å². The number of amides is 2. The summed E-state index contributed by atoms with van der Waals surface area (Å²) in [6.45, 7) is 10.1. The lowest BCUT2D eigenvalue weighted by Crippen LogP contribution is -2.30. The SMILES string of the molecule is CCN(CC)C(=O)c1sc(NC(=O)c2ccc(OC)cc2)c(C(=O)OC(C)C)c1C. The molecule has 2 aromatic rings. The molecule has 2 amide bonds. The number of esters is 1. The minimum absolute atomic E-state index is 0.175. The van der Waals surface area contributed by atoms with Gasteiger partial charge in [-0.05, 0) is 64.4 Å². The number of benzene rings is 1. The zero-order valence-corrected chi connectivity index (χ0v) is 19.0. The summed E-state index contributed by atoms with van der Waals surface area (Å²) in [6, 6.07) is 6.61. The van der Waals surface area contributed by atoms with Gasteiger partial charge < -0.3 is 19.7 Å². The Morgan fingerprint density at radius 2 is 1.70 bits per heavy atom. The fourth-order valence-electron chi connectivity index (χ4n) is 2.90. The van der Waals surface area contributed by atoms with Crippen LogP contribution in [0, 0.1) is 6.92 Å². The molecule has 0 fully saturated rings. The van der Waals surface area contributed by atoms with Crippen LogP contribution < -0.4 is 10.1 Å². The number of methoxy groups -OCH3 is 1. The molecule has 0 aliphatic heterocycles. The number of rotatable bonds is 8. The van der Waals surface area contributed by atoms with Gasteiger partial charge in [-0.25, -0.2) is 4.79 Å². The Balaban J connectivity index is 2.44. The summed E-state index contributed by atoms with van der Waals surface area (Å²) in [6.07, 6.45) is -0.330. The summed E-state index contributed by atoms with van der Waals surface area (Å²) < 4.78 is 10.5. The van der Waals surface area contributed by atoms with E-state index in [1.54, 1.807) is 57.0 Å². The second kappa shape index (κ2) is 10.2. The van der Waals surface area contributed by atoms with E-state index in [1.165, 1.54) is 0 Å². The van der Waals surface area contributed by atoms with Crippen LogP contribution in [0.2, 0.25) is 0 Å². The largest absolute Gasteiger partial charge is 0.497 e. The second-order valence-corrected chi connectivity index (χ2v) is 7.90. The number of thiophene rings is 1. The van der Waals surface area contributed by atoms with E-state index >= 15 is 0 Å². The van der Waals surface area contributed by atoms with Gasteiger partial charge in [-0.2, -0.15) is 0 Å². The van der Waals surface area contributed by atoms with E-state index in [1.807, 2.05) is 13.8 Å². The third-order valence-corrected chi connectivity index (χ3v) is 5.71. The van der Waals surface area contributed by atoms with E-state index in [4.69, 9.17) is 9.47 Å². The van der Waals surface area contributed by atoms with Gasteiger partial charge in [0.05, 0.1) is 23.7 Å². The highest BCUT2D eigenvalue weighted by atomic mass is 32.1. The number of nitrogens with zero attached hydrogens (tertiary/aromatic N) is 1. The molecule has 0 aliphatic rings. The van der Waals surface area contributed by atoms with Gasteiger partial charge >= 0.3 is 5.97 Å². The molecule has 1 heterocycles. The quantitative estimate of drug-likeness (QED) is 0.627. The van der Waals surface area contributed by atoms with Crippen LogP contribution in [0.15, 0.2) is 24.3 Å². The molecule has 0 aliphatic carbocycles. The summed E-state index contributed by atoms with van der Waals surface area (Å²) in [4.78, 5) is 40.5. The van der Waals surface area contributed by atoms with Crippen LogP contribution in [0.3, 0.4) is 0 Å². The Kier molecular flexibility index (Phi) is 8.00. The Morgan fingerprint density at radius 3 is 2.20 bits per heavy atom. The fraction of sp³-hybridized carbons (Fsp3) is 0.409. The van der Waals surface area contributed by atoms with E-state index in [0.717, 1.165) is 11.3 Å². The van der Waals surface area contributed by atoms with Crippen molar-refractivity contribution in [3.63, 3.8) is 0 Å². The van der Waals surface area contributed by atoms with Crippen LogP contribution in [0.4, 0.5) is 5.00 Å². The Morgan fingerprint density at radius 1 is 1.10 bits per heavy atom. The van der Waals surface area contributed by atoms with Crippen molar-refractivity contribution in [2.24, 2.45) is 0 Å². The molecular weight excluding hydrogens is 404 g/mol. The van der Waals surface area contributed by atoms with Crippen LogP contribution in [-0.2, 0) is 4.74 Å². The monoisotopic (exact) mass is 432 g/mol. The number of hydrogen-bond donors (Lipinski definition) is 1. The smallest absolute Gasteiger partial charge is 0.341 e. The normalized spacial score (nSPS) is 10.6. The highest BCUT2D eigenvalue weighted by molar-refractivity contribution is 7.18. The van der Waals surface area contributed by atoms with Gasteiger partial charge in [0, 0.05) is 18.7 Å². The highest BCUT2D eigenvalue weighted by Crippen LogP contribution is 2.35. The maximum Gasteiger partial charge on any atom is 0.341 e. The number of nitrogens with one attached hydrogen (secondary N) is 1. The molecule has 0 atom stereocenters. The molecule has 8 heteroatoms. The highest BCUT2D eigenvalue weighted by Gasteiger charge is 2.29. The van der Waals surface area contributed by atoms with Gasteiger partial charge in [-0.1, -0.05) is 0 Å². The topological polar surface area (TPSA) is 84.9 Å². The summed E-state index contributed by atoms with van der Waals surface area (Å²) in [5.74, 6) is -0.500. The van der Waals surface area contributed by atoms with Crippen molar-refractivity contribution in [2.45, 2.75) is 40.7 Å². The number of ether oxygens (including phenoxy) is 2. The second-order valence-electron chi connectivity index (χ2n) is 6.87. The molecule has 0 saturated heterocycles.